The van der Waals surface area contributed by atoms with Crippen molar-refractivity contribution < 1.29 is 9.18 Å². The number of rotatable bonds is 5. The maximum absolute atomic E-state index is 13.4. The Hall–Kier alpha value is -3.88. The van der Waals surface area contributed by atoms with Crippen molar-refractivity contribution in [2.24, 2.45) is 0 Å². The number of halogens is 1. The molecule has 0 radical (unpaired) electrons. The first-order chi connectivity index (χ1) is 14.8. The molecule has 1 N–H and O–H groups in total. The summed E-state index contributed by atoms with van der Waals surface area (Å²) in [6, 6.07) is 17.3. The molecule has 4 rings (SSSR count). The molecule has 0 bridgehead atoms. The van der Waals surface area contributed by atoms with Gasteiger partial charge in [0.15, 0.2) is 0 Å². The van der Waals surface area contributed by atoms with E-state index in [0.29, 0.717) is 11.4 Å². The number of hydrogen-bond acceptors (Lipinski definition) is 5. The number of carbonyl (C=O) groups excluding carboxylic acids is 1. The largest absolute Gasteiger partial charge is 0.309 e. The minimum atomic E-state index is -0.393. The van der Waals surface area contributed by atoms with Crippen LogP contribution in [0.1, 0.15) is 26.5 Å². The van der Waals surface area contributed by atoms with Crippen LogP contribution >= 0.6 is 0 Å². The fourth-order valence-corrected chi connectivity index (χ4v) is 2.97. The monoisotopic (exact) mass is 419 g/mol. The van der Waals surface area contributed by atoms with Gasteiger partial charge in [-0.2, -0.15) is 9.90 Å². The molecule has 158 valence electrons. The topological polar surface area (TPSA) is 90.5 Å². The molecule has 0 unspecified atom stereocenters. The Balaban J connectivity index is 1.54. The Kier molecular flexibility index (Phi) is 5.33. The molecule has 0 saturated heterocycles. The van der Waals surface area contributed by atoms with E-state index in [-0.39, 0.29) is 23.7 Å². The molecule has 0 aliphatic carbocycles. The van der Waals surface area contributed by atoms with Crippen LogP contribution in [0, 0.1) is 5.82 Å². The van der Waals surface area contributed by atoms with Crippen molar-refractivity contribution in [1.29, 1.82) is 0 Å². The fourth-order valence-electron chi connectivity index (χ4n) is 2.97. The number of carbonyl (C=O) groups is 1. The van der Waals surface area contributed by atoms with Gasteiger partial charge in [-0.25, -0.2) is 9.07 Å². The molecule has 8 nitrogen and oxygen atoms in total. The summed E-state index contributed by atoms with van der Waals surface area (Å²) in [6.07, 6.45) is 0. The lowest BCUT2D eigenvalue weighted by molar-refractivity contribution is -0.117. The Labute approximate surface area is 178 Å². The molecule has 2 heterocycles. The second-order valence-corrected chi connectivity index (χ2v) is 8.11. The molecule has 4 aromatic rings. The van der Waals surface area contributed by atoms with E-state index in [1.54, 1.807) is 16.8 Å². The summed E-state index contributed by atoms with van der Waals surface area (Å²) in [6.45, 7) is 6.03. The first-order valence-electron chi connectivity index (χ1n) is 9.79. The van der Waals surface area contributed by atoms with Crippen LogP contribution in [0.3, 0.4) is 0 Å². The lowest BCUT2D eigenvalue weighted by atomic mass is 9.92. The fraction of sp³-hybridized carbons (Fsp3) is 0.227. The summed E-state index contributed by atoms with van der Waals surface area (Å²) in [4.78, 5) is 13.9. The van der Waals surface area contributed by atoms with Gasteiger partial charge in [-0.05, 0) is 29.5 Å². The van der Waals surface area contributed by atoms with Gasteiger partial charge in [0, 0.05) is 17.0 Å². The molecule has 2 aromatic carbocycles. The maximum atomic E-state index is 13.4. The summed E-state index contributed by atoms with van der Waals surface area (Å²) in [7, 11) is 0. The van der Waals surface area contributed by atoms with Crippen molar-refractivity contribution in [3.05, 3.63) is 72.2 Å². The molecule has 1 amide bonds. The van der Waals surface area contributed by atoms with Gasteiger partial charge in [-0.3, -0.25) is 4.79 Å². The van der Waals surface area contributed by atoms with Gasteiger partial charge in [-0.1, -0.05) is 51.1 Å². The molecule has 0 atom stereocenters. The molecule has 2 aromatic heterocycles. The number of para-hydroxylation sites is 1. The van der Waals surface area contributed by atoms with Crippen LogP contribution in [0.5, 0.6) is 0 Å². The lowest BCUT2D eigenvalue weighted by Gasteiger charge is -2.14. The number of anilines is 1. The average molecular weight is 419 g/mol. The van der Waals surface area contributed by atoms with Crippen LogP contribution in [0.15, 0.2) is 60.7 Å². The molecule has 0 aliphatic rings. The summed E-state index contributed by atoms with van der Waals surface area (Å²) >= 11 is 0. The van der Waals surface area contributed by atoms with Crippen molar-refractivity contribution >= 4 is 11.7 Å². The smallest absolute Gasteiger partial charge is 0.249 e. The molecule has 0 saturated carbocycles. The normalized spacial score (nSPS) is 11.5. The third-order valence-corrected chi connectivity index (χ3v) is 4.57. The predicted molar refractivity (Wildman–Crippen MR) is 114 cm³/mol. The zero-order valence-corrected chi connectivity index (χ0v) is 17.5. The Bertz CT molecular complexity index is 1210. The highest BCUT2D eigenvalue weighted by atomic mass is 19.1. The molecule has 9 heteroatoms. The van der Waals surface area contributed by atoms with E-state index in [0.717, 1.165) is 11.4 Å². The van der Waals surface area contributed by atoms with Gasteiger partial charge >= 0.3 is 0 Å². The van der Waals surface area contributed by atoms with Crippen molar-refractivity contribution in [2.75, 3.05) is 5.32 Å². The lowest BCUT2D eigenvalue weighted by Crippen LogP contribution is -2.22. The number of tetrazole rings is 1. The Morgan fingerprint density at radius 2 is 1.81 bits per heavy atom. The van der Waals surface area contributed by atoms with E-state index < -0.39 is 5.82 Å². The second-order valence-electron chi connectivity index (χ2n) is 8.11. The first kappa shape index (κ1) is 20.4. The summed E-state index contributed by atoms with van der Waals surface area (Å²) in [5, 5.41) is 19.5. The van der Waals surface area contributed by atoms with Crippen molar-refractivity contribution in [2.45, 2.75) is 32.7 Å². The number of hydrogen-bond donors (Lipinski definition) is 1. The van der Waals surface area contributed by atoms with E-state index in [1.807, 2.05) is 36.4 Å². The molecular weight excluding hydrogens is 397 g/mol. The van der Waals surface area contributed by atoms with E-state index in [1.165, 1.54) is 16.9 Å². The first-order valence-corrected chi connectivity index (χ1v) is 9.79. The third-order valence-electron chi connectivity index (χ3n) is 4.57. The SMILES string of the molecule is CC(C)(C)c1cc(NC(=O)Cn2nnc(-c3cccc(F)c3)n2)n(-c2ccccc2)n1. The molecule has 0 aliphatic heterocycles. The van der Waals surface area contributed by atoms with Crippen LogP contribution in [0.4, 0.5) is 10.2 Å². The van der Waals surface area contributed by atoms with Crippen LogP contribution in [0.25, 0.3) is 17.1 Å². The van der Waals surface area contributed by atoms with Gasteiger partial charge in [-0.15, -0.1) is 10.2 Å². The molecule has 0 spiro atoms. The van der Waals surface area contributed by atoms with Gasteiger partial charge in [0.25, 0.3) is 0 Å². The Morgan fingerprint density at radius 1 is 1.03 bits per heavy atom. The maximum Gasteiger partial charge on any atom is 0.249 e. The number of amides is 1. The van der Waals surface area contributed by atoms with Crippen LogP contribution in [-0.2, 0) is 16.8 Å². The summed E-state index contributed by atoms with van der Waals surface area (Å²) in [5.41, 5.74) is 1.98. The number of aromatic nitrogens is 6. The third kappa shape index (κ3) is 4.66. The zero-order valence-electron chi connectivity index (χ0n) is 17.5. The van der Waals surface area contributed by atoms with E-state index in [2.05, 4.69) is 46.6 Å². The number of nitrogens with one attached hydrogen (secondary N) is 1. The molecule has 31 heavy (non-hydrogen) atoms. The van der Waals surface area contributed by atoms with E-state index in [9.17, 15) is 9.18 Å². The van der Waals surface area contributed by atoms with Crippen LogP contribution in [0.2, 0.25) is 0 Å². The van der Waals surface area contributed by atoms with Crippen molar-refractivity contribution in [3.8, 4) is 17.1 Å². The van der Waals surface area contributed by atoms with E-state index >= 15 is 0 Å². The minimum absolute atomic E-state index is 0.146. The van der Waals surface area contributed by atoms with Gasteiger partial charge < -0.3 is 5.32 Å². The van der Waals surface area contributed by atoms with Crippen molar-refractivity contribution in [3.63, 3.8) is 0 Å². The number of benzene rings is 2. The van der Waals surface area contributed by atoms with Gasteiger partial charge in [0.2, 0.25) is 11.7 Å². The van der Waals surface area contributed by atoms with Crippen LogP contribution in [-0.4, -0.2) is 35.9 Å². The van der Waals surface area contributed by atoms with Gasteiger partial charge in [0.1, 0.15) is 18.2 Å². The predicted octanol–water partition coefficient (Wildman–Crippen LogP) is 3.60. The quantitative estimate of drug-likeness (QED) is 0.534. The summed E-state index contributed by atoms with van der Waals surface area (Å²) in [5.74, 6) is 0.0689. The highest BCUT2D eigenvalue weighted by molar-refractivity contribution is 5.90. The second kappa shape index (κ2) is 8.10. The Morgan fingerprint density at radius 3 is 2.52 bits per heavy atom. The van der Waals surface area contributed by atoms with Crippen LogP contribution < -0.4 is 5.32 Å². The molecular formula is C22H22FN7O. The minimum Gasteiger partial charge on any atom is -0.309 e. The standard InChI is InChI=1S/C22H22FN7O/c1-22(2,3)18-13-19(30(26-18)17-10-5-4-6-11-17)24-20(31)14-29-27-21(25-28-29)15-8-7-9-16(23)12-15/h4-13H,14H2,1-3H3,(H,24,31). The van der Waals surface area contributed by atoms with E-state index in [4.69, 9.17) is 0 Å². The van der Waals surface area contributed by atoms with Crippen molar-refractivity contribution in [1.82, 2.24) is 30.0 Å². The number of nitrogens with zero attached hydrogens (tertiary/aromatic N) is 6. The summed E-state index contributed by atoms with van der Waals surface area (Å²) < 4.78 is 15.1. The van der Waals surface area contributed by atoms with Gasteiger partial charge in [0.05, 0.1) is 11.4 Å². The zero-order chi connectivity index (χ0) is 22.0. The highest BCUT2D eigenvalue weighted by Gasteiger charge is 2.22. The average Bonchev–Trinajstić information content (AvgIpc) is 3.36. The molecule has 0 fully saturated rings. The highest BCUT2D eigenvalue weighted by Crippen LogP contribution is 2.26.